The molecular formula is C12H20N2O6S. The summed E-state index contributed by atoms with van der Waals surface area (Å²) >= 11 is 0. The quantitative estimate of drug-likeness (QED) is 0.711. The van der Waals surface area contributed by atoms with Crippen LogP contribution >= 0.6 is 0 Å². The van der Waals surface area contributed by atoms with Crippen molar-refractivity contribution >= 4 is 21.8 Å². The highest BCUT2D eigenvalue weighted by Gasteiger charge is 2.43. The zero-order valence-electron chi connectivity index (χ0n) is 12.0. The van der Waals surface area contributed by atoms with Crippen LogP contribution in [0.25, 0.3) is 0 Å². The number of aliphatic carboxylic acids is 1. The maximum absolute atomic E-state index is 12.2. The second kappa shape index (κ2) is 5.45. The summed E-state index contributed by atoms with van der Waals surface area (Å²) in [6.45, 7) is 1.92. The van der Waals surface area contributed by atoms with Gasteiger partial charge in [-0.15, -0.1) is 0 Å². The molecule has 9 heteroatoms. The first kappa shape index (κ1) is 16.0. The average molecular weight is 320 g/mol. The third kappa shape index (κ3) is 3.46. The van der Waals surface area contributed by atoms with Crippen molar-refractivity contribution in [2.24, 2.45) is 5.92 Å². The van der Waals surface area contributed by atoms with Crippen LogP contribution in [0.4, 0.5) is 4.79 Å². The second-order valence-corrected chi connectivity index (χ2v) is 8.18. The molecule has 2 rings (SSSR count). The number of carboxylic acids is 1. The lowest BCUT2D eigenvalue weighted by Gasteiger charge is -2.31. The molecule has 0 aromatic rings. The molecule has 2 aliphatic rings. The summed E-state index contributed by atoms with van der Waals surface area (Å²) in [6, 6.07) is -1.03. The molecule has 120 valence electrons. The standard InChI is InChI=1S/C12H20N2O6S/c1-12(3-4-21(18,19)7-12)13-11(17)14(2)9-6-20-5-8(9)10(15)16/h8-9H,3-7H2,1-2H3,(H,13,17)(H,15,16). The number of hydrogen-bond donors (Lipinski definition) is 2. The Labute approximate surface area is 123 Å². The van der Waals surface area contributed by atoms with Gasteiger partial charge in [-0.3, -0.25) is 4.79 Å². The molecule has 8 nitrogen and oxygen atoms in total. The number of carbonyl (C=O) groups excluding carboxylic acids is 1. The molecule has 21 heavy (non-hydrogen) atoms. The largest absolute Gasteiger partial charge is 0.481 e. The van der Waals surface area contributed by atoms with E-state index in [-0.39, 0.29) is 24.7 Å². The Balaban J connectivity index is 2.02. The lowest BCUT2D eigenvalue weighted by atomic mass is 10.0. The summed E-state index contributed by atoms with van der Waals surface area (Å²) in [7, 11) is -1.62. The van der Waals surface area contributed by atoms with Crippen LogP contribution in [0, 0.1) is 5.92 Å². The predicted molar refractivity (Wildman–Crippen MR) is 73.7 cm³/mol. The lowest BCUT2D eigenvalue weighted by Crippen LogP contribution is -2.55. The second-order valence-electron chi connectivity index (χ2n) is 5.99. The van der Waals surface area contributed by atoms with Crippen LogP contribution in [0.5, 0.6) is 0 Å². The summed E-state index contributed by atoms with van der Waals surface area (Å²) in [4.78, 5) is 24.6. The van der Waals surface area contributed by atoms with Gasteiger partial charge in [0.25, 0.3) is 0 Å². The third-order valence-corrected chi connectivity index (χ3v) is 6.00. The van der Waals surface area contributed by atoms with Crippen molar-refractivity contribution in [2.75, 3.05) is 31.8 Å². The van der Waals surface area contributed by atoms with E-state index >= 15 is 0 Å². The first-order chi connectivity index (χ1) is 9.64. The normalized spacial score (nSPS) is 34.6. The fourth-order valence-corrected chi connectivity index (χ4v) is 4.86. The fraction of sp³-hybridized carbons (Fsp3) is 0.833. The minimum Gasteiger partial charge on any atom is -0.481 e. The molecule has 2 amide bonds. The zero-order valence-corrected chi connectivity index (χ0v) is 12.9. The van der Waals surface area contributed by atoms with E-state index in [0.717, 1.165) is 0 Å². The summed E-state index contributed by atoms with van der Waals surface area (Å²) in [5.41, 5.74) is -0.803. The molecule has 0 saturated carbocycles. The van der Waals surface area contributed by atoms with E-state index in [1.54, 1.807) is 6.92 Å². The van der Waals surface area contributed by atoms with Gasteiger partial charge in [0.15, 0.2) is 9.84 Å². The van der Waals surface area contributed by atoms with Crippen LogP contribution in [0.1, 0.15) is 13.3 Å². The van der Waals surface area contributed by atoms with Gasteiger partial charge in [0.05, 0.1) is 36.3 Å². The van der Waals surface area contributed by atoms with Crippen molar-refractivity contribution < 1.29 is 27.9 Å². The van der Waals surface area contributed by atoms with E-state index in [0.29, 0.717) is 6.42 Å². The molecule has 3 atom stereocenters. The Morgan fingerprint density at radius 1 is 1.38 bits per heavy atom. The Morgan fingerprint density at radius 3 is 2.57 bits per heavy atom. The molecule has 2 N–H and O–H groups in total. The Bertz CT molecular complexity index is 548. The van der Waals surface area contributed by atoms with Crippen LogP contribution in [0.3, 0.4) is 0 Å². The number of nitrogens with one attached hydrogen (secondary N) is 1. The van der Waals surface area contributed by atoms with Gasteiger partial charge in [-0.2, -0.15) is 0 Å². The minimum absolute atomic E-state index is 0.0534. The highest BCUT2D eigenvalue weighted by atomic mass is 32.2. The monoisotopic (exact) mass is 320 g/mol. The number of hydrogen-bond acceptors (Lipinski definition) is 5. The van der Waals surface area contributed by atoms with Gasteiger partial charge in [-0.25, -0.2) is 13.2 Å². The number of rotatable bonds is 3. The first-order valence-electron chi connectivity index (χ1n) is 6.69. The number of carbonyl (C=O) groups is 2. The van der Waals surface area contributed by atoms with Gasteiger partial charge in [0.2, 0.25) is 0 Å². The molecule has 2 saturated heterocycles. The van der Waals surface area contributed by atoms with E-state index in [2.05, 4.69) is 5.32 Å². The molecular weight excluding hydrogens is 300 g/mol. The molecule has 0 radical (unpaired) electrons. The Kier molecular flexibility index (Phi) is 4.16. The van der Waals surface area contributed by atoms with Crippen molar-refractivity contribution in [3.8, 4) is 0 Å². The number of amides is 2. The summed E-state index contributed by atoms with van der Waals surface area (Å²) < 4.78 is 28.2. The topological polar surface area (TPSA) is 113 Å². The fourth-order valence-electron chi connectivity index (χ4n) is 2.77. The summed E-state index contributed by atoms with van der Waals surface area (Å²) in [5.74, 6) is -1.81. The van der Waals surface area contributed by atoms with Crippen molar-refractivity contribution in [3.63, 3.8) is 0 Å². The summed E-state index contributed by atoms with van der Waals surface area (Å²) in [5, 5.41) is 11.8. The summed E-state index contributed by atoms with van der Waals surface area (Å²) in [6.07, 6.45) is 0.360. The third-order valence-electron chi connectivity index (χ3n) is 4.10. The van der Waals surface area contributed by atoms with Gasteiger partial charge in [-0.1, -0.05) is 0 Å². The van der Waals surface area contributed by atoms with Crippen molar-refractivity contribution in [1.82, 2.24) is 10.2 Å². The maximum atomic E-state index is 12.2. The van der Waals surface area contributed by atoms with Gasteiger partial charge in [-0.05, 0) is 13.3 Å². The molecule has 3 unspecified atom stereocenters. The van der Waals surface area contributed by atoms with Gasteiger partial charge < -0.3 is 20.1 Å². The molecule has 2 heterocycles. The van der Waals surface area contributed by atoms with E-state index in [9.17, 15) is 18.0 Å². The molecule has 0 bridgehead atoms. The van der Waals surface area contributed by atoms with Crippen LogP contribution in [-0.4, -0.2) is 73.8 Å². The molecule has 2 aliphatic heterocycles. The van der Waals surface area contributed by atoms with Gasteiger partial charge in [0.1, 0.15) is 5.92 Å². The van der Waals surface area contributed by atoms with E-state index < -0.39 is 39.3 Å². The SMILES string of the molecule is CN(C(=O)NC1(C)CCS(=O)(=O)C1)C1COCC1C(=O)O. The number of nitrogens with zero attached hydrogens (tertiary/aromatic N) is 1. The highest BCUT2D eigenvalue weighted by Crippen LogP contribution is 2.24. The zero-order chi connectivity index (χ0) is 15.8. The average Bonchev–Trinajstić information content (AvgIpc) is 2.93. The molecule has 0 aromatic carbocycles. The Hall–Kier alpha value is -1.35. The van der Waals surface area contributed by atoms with Crippen LogP contribution < -0.4 is 5.32 Å². The smallest absolute Gasteiger partial charge is 0.317 e. The number of likely N-dealkylation sites (N-methyl/N-ethyl adjacent to an activating group) is 1. The van der Waals surface area contributed by atoms with Gasteiger partial charge >= 0.3 is 12.0 Å². The Morgan fingerprint density at radius 2 is 2.05 bits per heavy atom. The highest BCUT2D eigenvalue weighted by molar-refractivity contribution is 7.91. The van der Waals surface area contributed by atoms with Crippen molar-refractivity contribution in [1.29, 1.82) is 0 Å². The number of sulfone groups is 1. The molecule has 0 aliphatic carbocycles. The number of ether oxygens (including phenoxy) is 1. The van der Waals surface area contributed by atoms with Crippen LogP contribution in [-0.2, 0) is 19.4 Å². The predicted octanol–water partition coefficient (Wildman–Crippen LogP) is -0.695. The number of carboxylic acid groups (broad SMARTS) is 1. The molecule has 2 fully saturated rings. The van der Waals surface area contributed by atoms with E-state index in [4.69, 9.17) is 9.84 Å². The van der Waals surface area contributed by atoms with Gasteiger partial charge in [0, 0.05) is 7.05 Å². The van der Waals surface area contributed by atoms with Crippen molar-refractivity contribution in [2.45, 2.75) is 24.9 Å². The minimum atomic E-state index is -3.12. The number of urea groups is 1. The van der Waals surface area contributed by atoms with Crippen LogP contribution in [0.15, 0.2) is 0 Å². The van der Waals surface area contributed by atoms with E-state index in [1.807, 2.05) is 0 Å². The lowest BCUT2D eigenvalue weighted by molar-refractivity contribution is -0.142. The molecule has 0 aromatic heterocycles. The van der Waals surface area contributed by atoms with E-state index in [1.165, 1.54) is 11.9 Å². The maximum Gasteiger partial charge on any atom is 0.317 e. The first-order valence-corrected chi connectivity index (χ1v) is 8.52. The van der Waals surface area contributed by atoms with Crippen molar-refractivity contribution in [3.05, 3.63) is 0 Å². The molecule has 0 spiro atoms. The van der Waals surface area contributed by atoms with Crippen LogP contribution in [0.2, 0.25) is 0 Å².